The first-order valence-electron chi connectivity index (χ1n) is 7.82. The molecule has 1 atom stereocenters. The van der Waals surface area contributed by atoms with Gasteiger partial charge >= 0.3 is 0 Å². The molecule has 3 aromatic rings. The van der Waals surface area contributed by atoms with Gasteiger partial charge in [-0.1, -0.05) is 30.3 Å². The minimum atomic E-state index is -0.500. The minimum absolute atomic E-state index is 0.0190. The summed E-state index contributed by atoms with van der Waals surface area (Å²) in [7, 11) is 0. The van der Waals surface area contributed by atoms with E-state index in [4.69, 9.17) is 0 Å². The Labute approximate surface area is 140 Å². The lowest BCUT2D eigenvalue weighted by Crippen LogP contribution is -2.11. The van der Waals surface area contributed by atoms with Gasteiger partial charge in [0.15, 0.2) is 0 Å². The second kappa shape index (κ2) is 6.76. The molecule has 124 valence electrons. The Balaban J connectivity index is 2.00. The smallest absolute Gasteiger partial charge is 0.119 e. The highest BCUT2D eigenvalue weighted by Crippen LogP contribution is 2.26. The zero-order valence-electron chi connectivity index (χ0n) is 13.4. The standard InChI is InChI=1S/C19H20N2O3/c1-13(22)7-18-19(15-5-3-2-4-6-15)20-12-21(18)11-14-8-16(23)10-17(24)9-14/h2-6,8-10,12-13,22-24H,7,11H2,1H3. The predicted molar refractivity (Wildman–Crippen MR) is 91.9 cm³/mol. The summed E-state index contributed by atoms with van der Waals surface area (Å²) in [6.07, 6.45) is 1.69. The van der Waals surface area contributed by atoms with Gasteiger partial charge in [-0.2, -0.15) is 0 Å². The van der Waals surface area contributed by atoms with Gasteiger partial charge in [-0.15, -0.1) is 0 Å². The second-order valence-electron chi connectivity index (χ2n) is 5.94. The summed E-state index contributed by atoms with van der Waals surface area (Å²) in [6, 6.07) is 14.3. The maximum Gasteiger partial charge on any atom is 0.119 e. The Morgan fingerprint density at radius 2 is 1.71 bits per heavy atom. The van der Waals surface area contributed by atoms with Crippen LogP contribution in [0.1, 0.15) is 18.2 Å². The third-order valence-corrected chi connectivity index (χ3v) is 3.80. The van der Waals surface area contributed by atoms with Crippen LogP contribution in [0.4, 0.5) is 0 Å². The molecule has 0 aliphatic rings. The first kappa shape index (κ1) is 16.1. The van der Waals surface area contributed by atoms with E-state index >= 15 is 0 Å². The number of aromatic nitrogens is 2. The Hall–Kier alpha value is -2.79. The molecular weight excluding hydrogens is 304 g/mol. The normalized spacial score (nSPS) is 12.2. The van der Waals surface area contributed by atoms with E-state index in [9.17, 15) is 15.3 Å². The average Bonchev–Trinajstić information content (AvgIpc) is 2.89. The quantitative estimate of drug-likeness (QED) is 0.674. The number of phenols is 2. The molecule has 5 nitrogen and oxygen atoms in total. The first-order valence-corrected chi connectivity index (χ1v) is 7.82. The van der Waals surface area contributed by atoms with Gasteiger partial charge in [0.05, 0.1) is 18.1 Å². The van der Waals surface area contributed by atoms with E-state index < -0.39 is 6.10 Å². The van der Waals surface area contributed by atoms with Crippen molar-refractivity contribution in [3.8, 4) is 22.8 Å². The number of rotatable bonds is 5. The summed E-state index contributed by atoms with van der Waals surface area (Å²) in [6.45, 7) is 2.19. The van der Waals surface area contributed by atoms with Crippen LogP contribution in [0.15, 0.2) is 54.9 Å². The van der Waals surface area contributed by atoms with Gasteiger partial charge in [-0.05, 0) is 24.6 Å². The third kappa shape index (κ3) is 3.58. The molecule has 0 fully saturated rings. The Bertz CT molecular complexity index is 806. The van der Waals surface area contributed by atoms with Crippen LogP contribution in [0.2, 0.25) is 0 Å². The third-order valence-electron chi connectivity index (χ3n) is 3.80. The summed E-state index contributed by atoms with van der Waals surface area (Å²) in [5.74, 6) is 0.0379. The van der Waals surface area contributed by atoms with Crippen LogP contribution in [0.3, 0.4) is 0 Å². The molecule has 24 heavy (non-hydrogen) atoms. The monoisotopic (exact) mass is 324 g/mol. The maximum atomic E-state index is 9.85. The van der Waals surface area contributed by atoms with Crippen molar-refractivity contribution < 1.29 is 15.3 Å². The average molecular weight is 324 g/mol. The molecule has 0 saturated heterocycles. The number of imidazole rings is 1. The molecule has 0 aliphatic carbocycles. The SMILES string of the molecule is CC(O)Cc1c(-c2ccccc2)ncn1Cc1cc(O)cc(O)c1. The molecule has 0 amide bonds. The fourth-order valence-corrected chi connectivity index (χ4v) is 2.82. The molecule has 0 saturated carbocycles. The van der Waals surface area contributed by atoms with Crippen molar-refractivity contribution in [3.63, 3.8) is 0 Å². The van der Waals surface area contributed by atoms with Crippen LogP contribution in [0, 0.1) is 0 Å². The maximum absolute atomic E-state index is 9.85. The minimum Gasteiger partial charge on any atom is -0.508 e. The lowest BCUT2D eigenvalue weighted by atomic mass is 10.1. The lowest BCUT2D eigenvalue weighted by Gasteiger charge is -2.12. The molecule has 3 rings (SSSR count). The molecule has 0 radical (unpaired) electrons. The van der Waals surface area contributed by atoms with Gasteiger partial charge < -0.3 is 19.9 Å². The van der Waals surface area contributed by atoms with Crippen molar-refractivity contribution in [3.05, 3.63) is 66.1 Å². The highest BCUT2D eigenvalue weighted by molar-refractivity contribution is 5.62. The first-order chi connectivity index (χ1) is 11.5. The summed E-state index contributed by atoms with van der Waals surface area (Å²) >= 11 is 0. The fourth-order valence-electron chi connectivity index (χ4n) is 2.82. The van der Waals surface area contributed by atoms with Crippen molar-refractivity contribution in [2.24, 2.45) is 0 Å². The molecule has 1 heterocycles. The van der Waals surface area contributed by atoms with Gasteiger partial charge in [-0.3, -0.25) is 0 Å². The van der Waals surface area contributed by atoms with Crippen LogP contribution in [0.25, 0.3) is 11.3 Å². The van der Waals surface area contributed by atoms with E-state index in [1.807, 2.05) is 34.9 Å². The summed E-state index contributed by atoms with van der Waals surface area (Å²) in [5, 5.41) is 29.1. The van der Waals surface area contributed by atoms with Gasteiger partial charge in [0.2, 0.25) is 0 Å². The number of aliphatic hydroxyl groups is 1. The Kier molecular flexibility index (Phi) is 4.53. The molecule has 0 aliphatic heterocycles. The number of benzene rings is 2. The second-order valence-corrected chi connectivity index (χ2v) is 5.94. The highest BCUT2D eigenvalue weighted by atomic mass is 16.3. The number of aromatic hydroxyl groups is 2. The van der Waals surface area contributed by atoms with Crippen molar-refractivity contribution >= 4 is 0 Å². The zero-order chi connectivity index (χ0) is 17.1. The zero-order valence-corrected chi connectivity index (χ0v) is 13.4. The number of aliphatic hydroxyl groups excluding tert-OH is 1. The summed E-state index contributed by atoms with van der Waals surface area (Å²) in [4.78, 5) is 4.51. The van der Waals surface area contributed by atoms with Crippen LogP contribution in [0.5, 0.6) is 11.5 Å². The van der Waals surface area contributed by atoms with Gasteiger partial charge in [0.25, 0.3) is 0 Å². The van der Waals surface area contributed by atoms with Crippen molar-refractivity contribution in [1.82, 2.24) is 9.55 Å². The van der Waals surface area contributed by atoms with Crippen LogP contribution < -0.4 is 0 Å². The molecule has 2 aromatic carbocycles. The highest BCUT2D eigenvalue weighted by Gasteiger charge is 2.15. The van der Waals surface area contributed by atoms with E-state index in [0.717, 1.165) is 22.5 Å². The number of phenolic OH excluding ortho intramolecular Hbond substituents is 2. The summed E-state index contributed by atoms with van der Waals surface area (Å²) < 4.78 is 1.93. The van der Waals surface area contributed by atoms with E-state index in [2.05, 4.69) is 4.98 Å². The Morgan fingerprint density at radius 3 is 2.33 bits per heavy atom. The number of nitrogens with zero attached hydrogens (tertiary/aromatic N) is 2. The van der Waals surface area contributed by atoms with Crippen LogP contribution in [-0.4, -0.2) is 31.0 Å². The van der Waals surface area contributed by atoms with Crippen LogP contribution >= 0.6 is 0 Å². The van der Waals surface area contributed by atoms with Gasteiger partial charge in [0.1, 0.15) is 11.5 Å². The van der Waals surface area contributed by atoms with Gasteiger partial charge in [0, 0.05) is 30.3 Å². The van der Waals surface area contributed by atoms with E-state index in [1.165, 1.54) is 6.07 Å². The number of hydrogen-bond acceptors (Lipinski definition) is 4. The fraction of sp³-hybridized carbons (Fsp3) is 0.211. The topological polar surface area (TPSA) is 78.5 Å². The molecule has 0 spiro atoms. The van der Waals surface area contributed by atoms with Gasteiger partial charge in [-0.25, -0.2) is 4.98 Å². The predicted octanol–water partition coefficient (Wildman–Crippen LogP) is 2.93. The molecule has 5 heteroatoms. The largest absolute Gasteiger partial charge is 0.508 e. The lowest BCUT2D eigenvalue weighted by molar-refractivity contribution is 0.193. The van der Waals surface area contributed by atoms with Crippen LogP contribution in [-0.2, 0) is 13.0 Å². The van der Waals surface area contributed by atoms with Crippen molar-refractivity contribution in [1.29, 1.82) is 0 Å². The van der Waals surface area contributed by atoms with Crippen molar-refractivity contribution in [2.75, 3.05) is 0 Å². The summed E-state index contributed by atoms with van der Waals surface area (Å²) in [5.41, 5.74) is 3.50. The molecule has 1 unspecified atom stereocenters. The molecule has 1 aromatic heterocycles. The Morgan fingerprint density at radius 1 is 1.04 bits per heavy atom. The molecule has 0 bridgehead atoms. The number of hydrogen-bond donors (Lipinski definition) is 3. The van der Waals surface area contributed by atoms with Crippen molar-refractivity contribution in [2.45, 2.75) is 26.0 Å². The molecule has 3 N–H and O–H groups in total. The van der Waals surface area contributed by atoms with E-state index in [-0.39, 0.29) is 11.5 Å². The van der Waals surface area contributed by atoms with E-state index in [0.29, 0.717) is 13.0 Å². The molecular formula is C19H20N2O3. The van der Waals surface area contributed by atoms with E-state index in [1.54, 1.807) is 25.4 Å².